The molecule has 0 aliphatic heterocycles. The Morgan fingerprint density at radius 3 is 2.10 bits per heavy atom. The molecule has 0 aromatic rings. The summed E-state index contributed by atoms with van der Waals surface area (Å²) in [6.45, 7) is -0.414. The van der Waals surface area contributed by atoms with Crippen LogP contribution in [0.4, 0.5) is 13.2 Å². The molecule has 0 aromatic heterocycles. The molecule has 3 nitrogen and oxygen atoms in total. The van der Waals surface area contributed by atoms with E-state index in [9.17, 15) is 21.6 Å². The fraction of sp³-hybridized carbons (Fsp3) is 1.00. The number of rotatable bonds is 6. The number of hydrogen-bond acceptors (Lipinski definition) is 3. The molecule has 0 aromatic carbocycles. The van der Waals surface area contributed by atoms with Gasteiger partial charge in [0.05, 0.1) is 25.4 Å². The zero-order valence-corrected chi connectivity index (χ0v) is 12.8. The molecular formula is C12H20ClF3O3S. The molecule has 0 bridgehead atoms. The molecule has 120 valence electrons. The van der Waals surface area contributed by atoms with Crippen LogP contribution in [0.15, 0.2) is 0 Å². The second-order valence-electron chi connectivity index (χ2n) is 5.52. The molecule has 0 N–H and O–H groups in total. The van der Waals surface area contributed by atoms with Crippen LogP contribution in [0.1, 0.15) is 44.9 Å². The molecule has 1 aliphatic carbocycles. The Bertz CT molecular complexity index is 387. The Hall–Kier alpha value is -0.0100. The molecule has 0 spiro atoms. The second kappa shape index (κ2) is 7.31. The van der Waals surface area contributed by atoms with E-state index in [0.29, 0.717) is 12.8 Å². The lowest BCUT2D eigenvalue weighted by atomic mass is 9.83. The molecule has 0 saturated heterocycles. The van der Waals surface area contributed by atoms with Crippen molar-refractivity contribution in [1.29, 1.82) is 0 Å². The summed E-state index contributed by atoms with van der Waals surface area (Å²) in [5, 5.41) is 0. The van der Waals surface area contributed by atoms with Crippen LogP contribution in [0, 0.1) is 5.41 Å². The van der Waals surface area contributed by atoms with Crippen LogP contribution >= 0.6 is 10.7 Å². The van der Waals surface area contributed by atoms with Gasteiger partial charge in [0.25, 0.3) is 0 Å². The van der Waals surface area contributed by atoms with E-state index in [0.717, 1.165) is 25.7 Å². The molecule has 8 heteroatoms. The van der Waals surface area contributed by atoms with Gasteiger partial charge in [-0.05, 0) is 12.8 Å². The summed E-state index contributed by atoms with van der Waals surface area (Å²) in [6.07, 6.45) is -0.287. The van der Waals surface area contributed by atoms with Crippen molar-refractivity contribution in [2.45, 2.75) is 51.1 Å². The predicted molar refractivity (Wildman–Crippen MR) is 71.3 cm³/mol. The predicted octanol–water partition coefficient (Wildman–Crippen LogP) is 3.86. The Kier molecular flexibility index (Phi) is 6.60. The zero-order chi connectivity index (χ0) is 15.3. The normalized spacial score (nSPS) is 20.6. The van der Waals surface area contributed by atoms with Crippen molar-refractivity contribution in [2.24, 2.45) is 5.41 Å². The van der Waals surface area contributed by atoms with Gasteiger partial charge in [-0.3, -0.25) is 0 Å². The maximum Gasteiger partial charge on any atom is 0.391 e. The third-order valence-corrected chi connectivity index (χ3v) is 4.87. The van der Waals surface area contributed by atoms with Gasteiger partial charge in [0.1, 0.15) is 0 Å². The average molecular weight is 337 g/mol. The van der Waals surface area contributed by atoms with Crippen LogP contribution in [0.2, 0.25) is 0 Å². The van der Waals surface area contributed by atoms with E-state index in [4.69, 9.17) is 15.4 Å². The van der Waals surface area contributed by atoms with E-state index in [1.807, 2.05) is 0 Å². The molecule has 1 rings (SSSR count). The first-order valence-corrected chi connectivity index (χ1v) is 9.17. The topological polar surface area (TPSA) is 43.4 Å². The largest absolute Gasteiger partial charge is 0.391 e. The Labute approximate surface area is 122 Å². The van der Waals surface area contributed by atoms with Gasteiger partial charge in [0, 0.05) is 16.1 Å². The fourth-order valence-corrected chi connectivity index (χ4v) is 4.45. The third-order valence-electron chi connectivity index (χ3n) is 3.58. The highest BCUT2D eigenvalue weighted by molar-refractivity contribution is 8.13. The van der Waals surface area contributed by atoms with E-state index >= 15 is 0 Å². The maximum atomic E-state index is 12.1. The first-order valence-electron chi connectivity index (χ1n) is 6.69. The van der Waals surface area contributed by atoms with Crippen LogP contribution in [-0.2, 0) is 13.8 Å². The van der Waals surface area contributed by atoms with Crippen LogP contribution < -0.4 is 0 Å². The quantitative estimate of drug-likeness (QED) is 0.420. The van der Waals surface area contributed by atoms with Crippen LogP contribution in [0.5, 0.6) is 0 Å². The first kappa shape index (κ1) is 18.0. The van der Waals surface area contributed by atoms with E-state index < -0.39 is 33.7 Å². The van der Waals surface area contributed by atoms with E-state index in [1.165, 1.54) is 0 Å². The van der Waals surface area contributed by atoms with Crippen LogP contribution in [0.3, 0.4) is 0 Å². The van der Waals surface area contributed by atoms with Crippen molar-refractivity contribution < 1.29 is 26.3 Å². The lowest BCUT2D eigenvalue weighted by Gasteiger charge is -2.31. The molecule has 1 fully saturated rings. The SMILES string of the molecule is O=S(=O)(Cl)CC1(COCCC(F)(F)F)CCCCCC1. The molecule has 20 heavy (non-hydrogen) atoms. The minimum atomic E-state index is -4.25. The smallest absolute Gasteiger partial charge is 0.380 e. The summed E-state index contributed by atoms with van der Waals surface area (Å²) in [6, 6.07) is 0. The Balaban J connectivity index is 2.58. The van der Waals surface area contributed by atoms with Gasteiger partial charge in [-0.2, -0.15) is 13.2 Å². The summed E-state index contributed by atoms with van der Waals surface area (Å²) in [5.74, 6) is -0.229. The lowest BCUT2D eigenvalue weighted by Crippen LogP contribution is -2.33. The highest BCUT2D eigenvalue weighted by Gasteiger charge is 2.36. The summed E-state index contributed by atoms with van der Waals surface area (Å²) in [7, 11) is 1.64. The van der Waals surface area contributed by atoms with Crippen molar-refractivity contribution in [3.63, 3.8) is 0 Å². The fourth-order valence-electron chi connectivity index (χ4n) is 2.65. The summed E-state index contributed by atoms with van der Waals surface area (Å²) in [4.78, 5) is 0. The van der Waals surface area contributed by atoms with Crippen molar-refractivity contribution in [2.75, 3.05) is 19.0 Å². The lowest BCUT2D eigenvalue weighted by molar-refractivity contribution is -0.147. The van der Waals surface area contributed by atoms with Crippen LogP contribution in [-0.4, -0.2) is 33.6 Å². The summed E-state index contributed by atoms with van der Waals surface area (Å²) >= 11 is 0. The standard InChI is InChI=1S/C12H20ClF3O3S/c13-20(17,18)10-11(5-3-1-2-4-6-11)9-19-8-7-12(14,15)16/h1-10H2. The number of halogens is 4. The Morgan fingerprint density at radius 1 is 1.10 bits per heavy atom. The second-order valence-corrected chi connectivity index (χ2v) is 8.29. The first-order chi connectivity index (χ1) is 9.12. The van der Waals surface area contributed by atoms with Crippen molar-refractivity contribution in [3.05, 3.63) is 0 Å². The highest BCUT2D eigenvalue weighted by atomic mass is 35.7. The number of hydrogen-bond donors (Lipinski definition) is 0. The van der Waals surface area contributed by atoms with Gasteiger partial charge < -0.3 is 4.74 Å². The average Bonchev–Trinajstić information content (AvgIpc) is 2.47. The molecule has 0 amide bonds. The minimum absolute atomic E-state index is 0.0228. The molecule has 0 atom stereocenters. The monoisotopic (exact) mass is 336 g/mol. The van der Waals surface area contributed by atoms with Gasteiger partial charge in [-0.25, -0.2) is 8.42 Å². The van der Waals surface area contributed by atoms with E-state index in [2.05, 4.69) is 0 Å². The zero-order valence-electron chi connectivity index (χ0n) is 11.2. The molecule has 0 radical (unpaired) electrons. The Morgan fingerprint density at radius 2 is 1.65 bits per heavy atom. The minimum Gasteiger partial charge on any atom is -0.380 e. The van der Waals surface area contributed by atoms with Crippen molar-refractivity contribution in [1.82, 2.24) is 0 Å². The van der Waals surface area contributed by atoms with E-state index in [1.54, 1.807) is 0 Å². The number of ether oxygens (including phenoxy) is 1. The molecule has 0 unspecified atom stereocenters. The van der Waals surface area contributed by atoms with Gasteiger partial charge in [-0.15, -0.1) is 0 Å². The molecule has 1 saturated carbocycles. The van der Waals surface area contributed by atoms with Gasteiger partial charge >= 0.3 is 6.18 Å². The molecule has 1 aliphatic rings. The third kappa shape index (κ3) is 7.69. The van der Waals surface area contributed by atoms with Crippen molar-refractivity contribution in [3.8, 4) is 0 Å². The molecular weight excluding hydrogens is 317 g/mol. The van der Waals surface area contributed by atoms with Crippen molar-refractivity contribution >= 4 is 19.7 Å². The number of alkyl halides is 3. The van der Waals surface area contributed by atoms with Crippen LogP contribution in [0.25, 0.3) is 0 Å². The van der Waals surface area contributed by atoms with Gasteiger partial charge in [0.2, 0.25) is 9.05 Å². The van der Waals surface area contributed by atoms with E-state index in [-0.39, 0.29) is 12.4 Å². The maximum absolute atomic E-state index is 12.1. The summed E-state index contributed by atoms with van der Waals surface area (Å²) in [5.41, 5.74) is -0.636. The van der Waals surface area contributed by atoms with Gasteiger partial charge in [0.15, 0.2) is 0 Å². The summed E-state index contributed by atoms with van der Waals surface area (Å²) < 4.78 is 64.0. The highest BCUT2D eigenvalue weighted by Crippen LogP contribution is 2.37. The van der Waals surface area contributed by atoms with Gasteiger partial charge in [-0.1, -0.05) is 25.7 Å². The molecule has 0 heterocycles.